The summed E-state index contributed by atoms with van der Waals surface area (Å²) in [6.45, 7) is 2.86. The highest BCUT2D eigenvalue weighted by Gasteiger charge is 2.02. The maximum Gasteiger partial charge on any atom is 0.159 e. The van der Waals surface area contributed by atoms with Crippen molar-refractivity contribution in [3.63, 3.8) is 0 Å². The number of nitrogens with zero attached hydrogens (tertiary/aromatic N) is 2. The van der Waals surface area contributed by atoms with Gasteiger partial charge in [0.2, 0.25) is 0 Å². The molecule has 4 rings (SSSR count). The van der Waals surface area contributed by atoms with Crippen molar-refractivity contribution in [2.75, 3.05) is 6.61 Å². The first kappa shape index (κ1) is 20.6. The van der Waals surface area contributed by atoms with E-state index in [0.717, 1.165) is 40.3 Å². The van der Waals surface area contributed by atoms with Crippen LogP contribution in [0.4, 0.5) is 4.39 Å². The van der Waals surface area contributed by atoms with E-state index in [9.17, 15) is 4.39 Å². The average molecular weight is 410 g/mol. The Morgan fingerprint density at radius 3 is 2.26 bits per heavy atom. The summed E-state index contributed by atoms with van der Waals surface area (Å²) in [5.41, 5.74) is 2.72. The van der Waals surface area contributed by atoms with E-state index in [-0.39, 0.29) is 5.82 Å². The summed E-state index contributed by atoms with van der Waals surface area (Å²) in [7, 11) is 0. The molecule has 0 unspecified atom stereocenters. The first-order valence-electron chi connectivity index (χ1n) is 10.5. The lowest BCUT2D eigenvalue weighted by Crippen LogP contribution is -1.98. The molecule has 0 N–H and O–H groups in total. The molecular formula is C27H23FN2O. The van der Waals surface area contributed by atoms with Gasteiger partial charge in [0.05, 0.1) is 19.0 Å². The van der Waals surface area contributed by atoms with Crippen LogP contribution in [-0.4, -0.2) is 16.6 Å². The molecule has 154 valence electrons. The number of hydrogen-bond donors (Lipinski definition) is 0. The van der Waals surface area contributed by atoms with Crippen LogP contribution in [0.1, 0.15) is 37.3 Å². The second-order valence-electron chi connectivity index (χ2n) is 7.33. The van der Waals surface area contributed by atoms with Crippen LogP contribution < -0.4 is 4.74 Å². The third-order valence-corrected chi connectivity index (χ3v) is 4.94. The van der Waals surface area contributed by atoms with Gasteiger partial charge in [-0.2, -0.15) is 0 Å². The third kappa shape index (κ3) is 5.46. The first-order valence-corrected chi connectivity index (χ1v) is 10.5. The van der Waals surface area contributed by atoms with Crippen molar-refractivity contribution in [1.29, 1.82) is 0 Å². The Balaban J connectivity index is 1.42. The number of hydrogen-bond acceptors (Lipinski definition) is 3. The minimum atomic E-state index is -0.232. The first-order chi connectivity index (χ1) is 15.2. The van der Waals surface area contributed by atoms with Gasteiger partial charge in [0.25, 0.3) is 0 Å². The van der Waals surface area contributed by atoms with Gasteiger partial charge in [-0.3, -0.25) is 0 Å². The Morgan fingerprint density at radius 1 is 0.806 bits per heavy atom. The quantitative estimate of drug-likeness (QED) is 0.272. The molecule has 0 aliphatic carbocycles. The molecule has 0 saturated heterocycles. The Hall–Kier alpha value is -3.71. The molecule has 0 amide bonds. The molecule has 0 aliphatic heterocycles. The van der Waals surface area contributed by atoms with E-state index in [1.165, 1.54) is 18.6 Å². The molecule has 0 bridgehead atoms. The highest BCUT2D eigenvalue weighted by Crippen LogP contribution is 2.19. The van der Waals surface area contributed by atoms with Crippen LogP contribution in [0.15, 0.2) is 73.1 Å². The zero-order chi connectivity index (χ0) is 21.5. The van der Waals surface area contributed by atoms with Gasteiger partial charge in [-0.1, -0.05) is 43.7 Å². The molecule has 31 heavy (non-hydrogen) atoms. The number of ether oxygens (including phenoxy) is 1. The lowest BCUT2D eigenvalue weighted by molar-refractivity contribution is 0.304. The zero-order valence-corrected chi connectivity index (χ0v) is 17.4. The van der Waals surface area contributed by atoms with Crippen molar-refractivity contribution in [3.05, 3.63) is 90.0 Å². The smallest absolute Gasteiger partial charge is 0.159 e. The van der Waals surface area contributed by atoms with Crippen LogP contribution in [0.2, 0.25) is 0 Å². The van der Waals surface area contributed by atoms with Crippen molar-refractivity contribution in [1.82, 2.24) is 9.97 Å². The van der Waals surface area contributed by atoms with E-state index in [1.54, 1.807) is 18.5 Å². The Morgan fingerprint density at radius 2 is 1.48 bits per heavy atom. The molecule has 3 aromatic carbocycles. The predicted octanol–water partition coefficient (Wildman–Crippen LogP) is 6.40. The van der Waals surface area contributed by atoms with Crippen LogP contribution in [0, 0.1) is 17.7 Å². The van der Waals surface area contributed by atoms with Crippen LogP contribution in [0.25, 0.3) is 22.2 Å². The summed E-state index contributed by atoms with van der Waals surface area (Å²) in [5, 5.41) is 1.84. The monoisotopic (exact) mass is 410 g/mol. The van der Waals surface area contributed by atoms with Crippen LogP contribution in [-0.2, 0) is 0 Å². The normalized spacial score (nSPS) is 10.5. The fraction of sp³-hybridized carbons (Fsp3) is 0.185. The summed E-state index contributed by atoms with van der Waals surface area (Å²) in [6.07, 6.45) is 6.80. The summed E-state index contributed by atoms with van der Waals surface area (Å²) < 4.78 is 19.0. The number of rotatable bonds is 6. The van der Waals surface area contributed by atoms with Gasteiger partial charge in [-0.05, 0) is 65.7 Å². The summed E-state index contributed by atoms with van der Waals surface area (Å²) in [4.78, 5) is 8.81. The van der Waals surface area contributed by atoms with Crippen molar-refractivity contribution >= 4 is 10.8 Å². The number of halogens is 1. The van der Waals surface area contributed by atoms with Gasteiger partial charge >= 0.3 is 0 Å². The largest absolute Gasteiger partial charge is 0.490 e. The van der Waals surface area contributed by atoms with Crippen molar-refractivity contribution in [2.45, 2.75) is 26.2 Å². The molecule has 0 fully saturated rings. The van der Waals surface area contributed by atoms with Gasteiger partial charge in [0.15, 0.2) is 11.6 Å². The van der Waals surface area contributed by atoms with Gasteiger partial charge < -0.3 is 4.74 Å². The highest BCUT2D eigenvalue weighted by atomic mass is 19.1. The molecule has 1 aromatic heterocycles. The topological polar surface area (TPSA) is 35.0 Å². The predicted molar refractivity (Wildman–Crippen MR) is 122 cm³/mol. The van der Waals surface area contributed by atoms with Crippen molar-refractivity contribution < 1.29 is 9.13 Å². The average Bonchev–Trinajstić information content (AvgIpc) is 2.81. The van der Waals surface area contributed by atoms with E-state index in [2.05, 4.69) is 28.7 Å². The summed E-state index contributed by atoms with van der Waals surface area (Å²) >= 11 is 0. The molecule has 1 heterocycles. The molecule has 0 radical (unpaired) electrons. The molecule has 0 aliphatic rings. The summed E-state index contributed by atoms with van der Waals surface area (Å²) in [6, 6.07) is 18.4. The van der Waals surface area contributed by atoms with E-state index in [1.807, 2.05) is 42.5 Å². The van der Waals surface area contributed by atoms with Crippen LogP contribution in [0.3, 0.4) is 0 Å². The number of aromatic nitrogens is 2. The van der Waals surface area contributed by atoms with E-state index >= 15 is 0 Å². The number of benzene rings is 3. The maximum atomic E-state index is 13.3. The van der Waals surface area contributed by atoms with E-state index < -0.39 is 0 Å². The van der Waals surface area contributed by atoms with Crippen molar-refractivity contribution in [2.24, 2.45) is 0 Å². The highest BCUT2D eigenvalue weighted by molar-refractivity contribution is 5.84. The molecule has 0 spiro atoms. The molecule has 3 nitrogen and oxygen atoms in total. The molecule has 0 saturated carbocycles. The maximum absolute atomic E-state index is 13.3. The van der Waals surface area contributed by atoms with Crippen LogP contribution >= 0.6 is 0 Å². The second-order valence-corrected chi connectivity index (χ2v) is 7.33. The minimum Gasteiger partial charge on any atom is -0.490 e. The molecule has 4 aromatic rings. The second kappa shape index (κ2) is 9.86. The lowest BCUT2D eigenvalue weighted by atomic mass is 10.1. The van der Waals surface area contributed by atoms with Gasteiger partial charge in [-0.15, -0.1) is 0 Å². The molecular weight excluding hydrogens is 387 g/mol. The molecule has 4 heteroatoms. The number of unbranched alkanes of at least 4 members (excludes halogenated alkanes) is 2. The Labute approximate surface area is 181 Å². The van der Waals surface area contributed by atoms with E-state index in [0.29, 0.717) is 18.2 Å². The molecule has 0 atom stereocenters. The Bertz CT molecular complexity index is 1220. The fourth-order valence-corrected chi connectivity index (χ4v) is 3.22. The summed E-state index contributed by atoms with van der Waals surface area (Å²) in [5.74, 6) is 7.46. The SMILES string of the molecule is CCCCCOc1cnc(-c2ccc(C#Cc3ccc4cc(F)ccc4c3)cc2)nc1. The van der Waals surface area contributed by atoms with Crippen molar-refractivity contribution in [3.8, 4) is 29.0 Å². The fourth-order valence-electron chi connectivity index (χ4n) is 3.22. The lowest BCUT2D eigenvalue weighted by Gasteiger charge is -2.05. The van der Waals surface area contributed by atoms with Crippen LogP contribution in [0.5, 0.6) is 5.75 Å². The third-order valence-electron chi connectivity index (χ3n) is 4.94. The Kier molecular flexibility index (Phi) is 6.54. The van der Waals surface area contributed by atoms with E-state index in [4.69, 9.17) is 4.74 Å². The van der Waals surface area contributed by atoms with Gasteiger partial charge in [-0.25, -0.2) is 14.4 Å². The minimum absolute atomic E-state index is 0.232. The van der Waals surface area contributed by atoms with Gasteiger partial charge in [0, 0.05) is 16.7 Å². The number of fused-ring (bicyclic) bond motifs is 1. The zero-order valence-electron chi connectivity index (χ0n) is 17.4. The standard InChI is InChI=1S/C27H23FN2O/c1-2-3-4-15-31-26-18-29-27(30-19-26)22-10-7-20(8-11-22)5-6-21-9-12-24-17-25(28)14-13-23(24)16-21/h7-14,16-19H,2-4,15H2,1H3. The van der Waals surface area contributed by atoms with Gasteiger partial charge in [0.1, 0.15) is 5.82 Å².